The third kappa shape index (κ3) is 4.27. The summed E-state index contributed by atoms with van der Waals surface area (Å²) in [5, 5.41) is 3.41. The van der Waals surface area contributed by atoms with Gasteiger partial charge in [-0.05, 0) is 74.7 Å². The number of halogens is 1. The molecular weight excluding hydrogens is 308 g/mol. The highest BCUT2D eigenvalue weighted by Crippen LogP contribution is 2.31. The van der Waals surface area contributed by atoms with Gasteiger partial charge in [0.25, 0.3) is 0 Å². The van der Waals surface area contributed by atoms with Crippen molar-refractivity contribution in [3.8, 4) is 0 Å². The number of carbonyl (C=O) groups excluding carboxylic acids is 1. The molecule has 0 aliphatic carbocycles. The van der Waals surface area contributed by atoms with E-state index in [1.54, 1.807) is 0 Å². The van der Waals surface area contributed by atoms with Crippen LogP contribution in [0.3, 0.4) is 0 Å². The maximum Gasteiger partial charge on any atom is 0.227 e. The zero-order valence-electron chi connectivity index (χ0n) is 14.3. The summed E-state index contributed by atoms with van der Waals surface area (Å²) in [5.74, 6) is 1.51. The number of hydrogen-bond donors (Lipinski definition) is 1. The van der Waals surface area contributed by atoms with Crippen LogP contribution in [-0.4, -0.2) is 25.5 Å². The van der Waals surface area contributed by atoms with Crippen molar-refractivity contribution in [3.63, 3.8) is 0 Å². The van der Waals surface area contributed by atoms with Crippen LogP contribution in [0, 0.1) is 18.8 Å². The van der Waals surface area contributed by atoms with Gasteiger partial charge in [0.05, 0.1) is 0 Å². The minimum Gasteiger partial charge on any atom is -0.317 e. The first-order valence-electron chi connectivity index (χ1n) is 8.76. The number of fused-ring (bicyclic) bond motifs is 1. The van der Waals surface area contributed by atoms with E-state index in [0.717, 1.165) is 38.2 Å². The Morgan fingerprint density at radius 3 is 2.83 bits per heavy atom. The summed E-state index contributed by atoms with van der Waals surface area (Å²) in [6.07, 6.45) is 5.30. The highest BCUT2D eigenvalue weighted by atomic mass is 35.5. The van der Waals surface area contributed by atoms with Gasteiger partial charge in [0.2, 0.25) is 5.91 Å². The average molecular weight is 337 g/mol. The van der Waals surface area contributed by atoms with Crippen LogP contribution in [0.25, 0.3) is 0 Å². The van der Waals surface area contributed by atoms with Gasteiger partial charge < -0.3 is 10.2 Å². The van der Waals surface area contributed by atoms with Crippen molar-refractivity contribution >= 4 is 24.0 Å². The van der Waals surface area contributed by atoms with Crippen molar-refractivity contribution in [1.29, 1.82) is 0 Å². The lowest BCUT2D eigenvalue weighted by atomic mass is 9.83. The van der Waals surface area contributed by atoms with Gasteiger partial charge in [0.1, 0.15) is 0 Å². The number of amides is 1. The van der Waals surface area contributed by atoms with Gasteiger partial charge in [-0.2, -0.15) is 0 Å². The molecule has 1 aromatic carbocycles. The number of piperidine rings is 1. The number of benzene rings is 1. The Kier molecular flexibility index (Phi) is 6.49. The fourth-order valence-electron chi connectivity index (χ4n) is 3.91. The van der Waals surface area contributed by atoms with Crippen molar-refractivity contribution in [1.82, 2.24) is 5.32 Å². The van der Waals surface area contributed by atoms with Crippen LogP contribution >= 0.6 is 12.4 Å². The average Bonchev–Trinajstić information content (AvgIpc) is 2.55. The summed E-state index contributed by atoms with van der Waals surface area (Å²) in [6, 6.07) is 6.53. The molecule has 1 aromatic rings. The molecule has 1 N–H and O–H groups in total. The molecule has 23 heavy (non-hydrogen) atoms. The lowest BCUT2D eigenvalue weighted by molar-refractivity contribution is -0.119. The number of hydrogen-bond acceptors (Lipinski definition) is 2. The van der Waals surface area contributed by atoms with E-state index < -0.39 is 0 Å². The van der Waals surface area contributed by atoms with Crippen LogP contribution in [0.1, 0.15) is 43.7 Å². The lowest BCUT2D eigenvalue weighted by Crippen LogP contribution is -2.38. The predicted molar refractivity (Wildman–Crippen MR) is 98.5 cm³/mol. The highest BCUT2D eigenvalue weighted by molar-refractivity contribution is 5.94. The predicted octanol–water partition coefficient (Wildman–Crippen LogP) is 3.72. The van der Waals surface area contributed by atoms with Gasteiger partial charge in [0, 0.05) is 18.7 Å². The fraction of sp³-hybridized carbons (Fsp3) is 0.632. The summed E-state index contributed by atoms with van der Waals surface area (Å²) < 4.78 is 0. The normalized spacial score (nSPS) is 19.7. The molecular formula is C19H29ClN2O. The molecule has 2 heterocycles. The van der Waals surface area contributed by atoms with Crippen molar-refractivity contribution in [2.24, 2.45) is 11.8 Å². The standard InChI is InChI=1S/C19H28N2O.ClH/c1-14-5-6-17-4-3-11-21(18(17)12-14)19(22)13-15(2)16-7-9-20-10-8-16;/h5-6,12,15-16,20H,3-4,7-11,13H2,1-2H3;1H. The van der Waals surface area contributed by atoms with Crippen molar-refractivity contribution < 1.29 is 4.79 Å². The third-order valence-electron chi connectivity index (χ3n) is 5.35. The fourth-order valence-corrected chi connectivity index (χ4v) is 3.91. The van der Waals surface area contributed by atoms with Crippen LogP contribution in [-0.2, 0) is 11.2 Å². The van der Waals surface area contributed by atoms with Gasteiger partial charge in [-0.15, -0.1) is 12.4 Å². The van der Waals surface area contributed by atoms with E-state index in [-0.39, 0.29) is 12.4 Å². The van der Waals surface area contributed by atoms with Gasteiger partial charge in [-0.3, -0.25) is 4.79 Å². The van der Waals surface area contributed by atoms with Gasteiger partial charge >= 0.3 is 0 Å². The second-order valence-electron chi connectivity index (χ2n) is 7.05. The Morgan fingerprint density at radius 2 is 2.09 bits per heavy atom. The van der Waals surface area contributed by atoms with E-state index in [9.17, 15) is 4.79 Å². The van der Waals surface area contributed by atoms with E-state index in [1.807, 2.05) is 4.90 Å². The Bertz CT molecular complexity index is 540. The quantitative estimate of drug-likeness (QED) is 0.912. The van der Waals surface area contributed by atoms with Crippen LogP contribution in [0.15, 0.2) is 18.2 Å². The first kappa shape index (κ1) is 18.3. The molecule has 3 nitrogen and oxygen atoms in total. The molecule has 0 radical (unpaired) electrons. The molecule has 1 fully saturated rings. The monoisotopic (exact) mass is 336 g/mol. The topological polar surface area (TPSA) is 32.3 Å². The molecule has 0 bridgehead atoms. The Labute approximate surface area is 146 Å². The molecule has 0 spiro atoms. The molecule has 1 saturated heterocycles. The van der Waals surface area contributed by atoms with Crippen LogP contribution in [0.5, 0.6) is 0 Å². The minimum atomic E-state index is 0. The number of nitrogens with one attached hydrogen (secondary N) is 1. The summed E-state index contributed by atoms with van der Waals surface area (Å²) in [7, 11) is 0. The van der Waals surface area contributed by atoms with Crippen LogP contribution in [0.2, 0.25) is 0 Å². The third-order valence-corrected chi connectivity index (χ3v) is 5.35. The minimum absolute atomic E-state index is 0. The molecule has 0 saturated carbocycles. The van der Waals surface area contributed by atoms with Crippen LogP contribution < -0.4 is 10.2 Å². The van der Waals surface area contributed by atoms with E-state index in [0.29, 0.717) is 24.2 Å². The first-order chi connectivity index (χ1) is 10.6. The number of aryl methyl sites for hydroxylation is 2. The smallest absolute Gasteiger partial charge is 0.227 e. The van der Waals surface area contributed by atoms with Crippen molar-refractivity contribution in [2.45, 2.75) is 46.0 Å². The summed E-state index contributed by atoms with van der Waals surface area (Å²) in [4.78, 5) is 14.9. The SMILES string of the molecule is Cc1ccc2c(c1)N(C(=O)CC(C)C1CCNCC1)CCC2.Cl. The molecule has 2 aliphatic rings. The highest BCUT2D eigenvalue weighted by Gasteiger charge is 2.27. The number of rotatable bonds is 3. The maximum absolute atomic E-state index is 12.8. The van der Waals surface area contributed by atoms with Crippen molar-refractivity contribution in [3.05, 3.63) is 29.3 Å². The molecule has 3 rings (SSSR count). The lowest BCUT2D eigenvalue weighted by Gasteiger charge is -2.33. The zero-order chi connectivity index (χ0) is 15.5. The van der Waals surface area contributed by atoms with Crippen molar-refractivity contribution in [2.75, 3.05) is 24.5 Å². The molecule has 1 amide bonds. The van der Waals surface area contributed by atoms with Crippen LogP contribution in [0.4, 0.5) is 5.69 Å². The number of nitrogens with zero attached hydrogens (tertiary/aromatic N) is 1. The first-order valence-corrected chi connectivity index (χ1v) is 8.76. The van der Waals surface area contributed by atoms with Gasteiger partial charge in [-0.25, -0.2) is 0 Å². The largest absolute Gasteiger partial charge is 0.317 e. The Hall–Kier alpha value is -1.06. The second-order valence-corrected chi connectivity index (χ2v) is 7.05. The van der Waals surface area contributed by atoms with E-state index in [1.165, 1.54) is 24.0 Å². The molecule has 128 valence electrons. The van der Waals surface area contributed by atoms with Gasteiger partial charge in [0.15, 0.2) is 0 Å². The molecule has 1 atom stereocenters. The summed E-state index contributed by atoms with van der Waals surface area (Å²) in [6.45, 7) is 7.46. The van der Waals surface area contributed by atoms with Gasteiger partial charge in [-0.1, -0.05) is 19.1 Å². The van der Waals surface area contributed by atoms with E-state index in [4.69, 9.17) is 0 Å². The Balaban J connectivity index is 0.00000192. The molecule has 0 aromatic heterocycles. The summed E-state index contributed by atoms with van der Waals surface area (Å²) in [5.41, 5.74) is 3.73. The Morgan fingerprint density at radius 1 is 1.35 bits per heavy atom. The maximum atomic E-state index is 12.8. The molecule has 2 aliphatic heterocycles. The van der Waals surface area contributed by atoms with E-state index >= 15 is 0 Å². The number of carbonyl (C=O) groups is 1. The number of anilines is 1. The molecule has 4 heteroatoms. The zero-order valence-corrected chi connectivity index (χ0v) is 15.1. The second kappa shape index (κ2) is 8.16. The summed E-state index contributed by atoms with van der Waals surface area (Å²) >= 11 is 0. The van der Waals surface area contributed by atoms with E-state index in [2.05, 4.69) is 37.4 Å². The molecule has 1 unspecified atom stereocenters.